The van der Waals surface area contributed by atoms with Gasteiger partial charge < -0.3 is 5.73 Å². The molecule has 0 bridgehead atoms. The molecule has 6 heteroatoms. The van der Waals surface area contributed by atoms with Crippen LogP contribution in [0.2, 0.25) is 0 Å². The van der Waals surface area contributed by atoms with E-state index in [0.29, 0.717) is 29.2 Å². The van der Waals surface area contributed by atoms with E-state index in [4.69, 9.17) is 5.73 Å². The Morgan fingerprint density at radius 1 is 0.920 bits per heavy atom. The molecule has 0 saturated carbocycles. The highest BCUT2D eigenvalue weighted by Gasteiger charge is 2.34. The number of anilines is 1. The summed E-state index contributed by atoms with van der Waals surface area (Å²) in [4.78, 5) is 31.6. The average Bonchev–Trinajstić information content (AvgIpc) is 3.13. The van der Waals surface area contributed by atoms with Crippen LogP contribution in [0.4, 0.5) is 5.13 Å². The van der Waals surface area contributed by atoms with Crippen LogP contribution in [0.1, 0.15) is 25.6 Å². The number of hydrogen-bond donors (Lipinski definition) is 1. The third kappa shape index (κ3) is 2.70. The van der Waals surface area contributed by atoms with Crippen LogP contribution in [0.3, 0.4) is 0 Å². The number of hydrogen-bond acceptors (Lipinski definition) is 5. The summed E-state index contributed by atoms with van der Waals surface area (Å²) in [5, 5.41) is 0.483. The van der Waals surface area contributed by atoms with E-state index in [9.17, 15) is 9.59 Å². The molecule has 1 aromatic heterocycles. The predicted molar refractivity (Wildman–Crippen MR) is 97.5 cm³/mol. The Morgan fingerprint density at radius 3 is 2.16 bits per heavy atom. The number of benzene rings is 2. The number of imide groups is 1. The second-order valence-electron chi connectivity index (χ2n) is 5.75. The van der Waals surface area contributed by atoms with Crippen LogP contribution in [-0.4, -0.2) is 28.2 Å². The van der Waals surface area contributed by atoms with Gasteiger partial charge in [0.05, 0.1) is 16.8 Å². The van der Waals surface area contributed by atoms with Crippen molar-refractivity contribution in [2.24, 2.45) is 0 Å². The lowest BCUT2D eigenvalue weighted by Gasteiger charge is -2.13. The largest absolute Gasteiger partial charge is 0.375 e. The fourth-order valence-corrected chi connectivity index (χ4v) is 3.86. The van der Waals surface area contributed by atoms with E-state index in [2.05, 4.69) is 4.98 Å². The van der Waals surface area contributed by atoms with Gasteiger partial charge in [-0.1, -0.05) is 42.5 Å². The van der Waals surface area contributed by atoms with Gasteiger partial charge in [0.2, 0.25) is 0 Å². The maximum atomic E-state index is 12.5. The zero-order valence-electron chi connectivity index (χ0n) is 13.3. The highest BCUT2D eigenvalue weighted by atomic mass is 32.1. The van der Waals surface area contributed by atoms with Crippen LogP contribution < -0.4 is 5.73 Å². The van der Waals surface area contributed by atoms with Gasteiger partial charge in [0.25, 0.3) is 11.8 Å². The van der Waals surface area contributed by atoms with E-state index in [0.717, 1.165) is 16.1 Å². The number of rotatable bonds is 4. The molecule has 124 valence electrons. The molecule has 2 amide bonds. The minimum absolute atomic E-state index is 0.237. The molecule has 0 saturated heterocycles. The molecule has 25 heavy (non-hydrogen) atoms. The van der Waals surface area contributed by atoms with Gasteiger partial charge in [0.1, 0.15) is 0 Å². The van der Waals surface area contributed by atoms with Crippen LogP contribution in [0.5, 0.6) is 0 Å². The van der Waals surface area contributed by atoms with Crippen molar-refractivity contribution in [2.75, 3.05) is 12.3 Å². The van der Waals surface area contributed by atoms with E-state index in [1.165, 1.54) is 16.2 Å². The van der Waals surface area contributed by atoms with Crippen molar-refractivity contribution in [3.05, 3.63) is 70.6 Å². The van der Waals surface area contributed by atoms with Crippen molar-refractivity contribution in [1.29, 1.82) is 0 Å². The predicted octanol–water partition coefficient (Wildman–Crippen LogP) is 3.23. The summed E-state index contributed by atoms with van der Waals surface area (Å²) in [7, 11) is 0. The second-order valence-corrected chi connectivity index (χ2v) is 6.86. The number of carbonyl (C=O) groups excluding carboxylic acids is 2. The zero-order chi connectivity index (χ0) is 17.4. The number of nitrogens with zero attached hydrogens (tertiary/aromatic N) is 2. The SMILES string of the molecule is Nc1nc(-c2ccccc2)c(CCN2C(=O)c3ccccc3C2=O)s1. The first kappa shape index (κ1) is 15.5. The fourth-order valence-electron chi connectivity index (χ4n) is 3.02. The Labute approximate surface area is 148 Å². The molecule has 0 aliphatic carbocycles. The molecular formula is C19H15N3O2S. The molecule has 5 nitrogen and oxygen atoms in total. The number of amides is 2. The Hall–Kier alpha value is -2.99. The normalized spacial score (nSPS) is 13.4. The molecule has 2 N–H and O–H groups in total. The first-order chi connectivity index (χ1) is 12.1. The third-order valence-corrected chi connectivity index (χ3v) is 5.15. The maximum absolute atomic E-state index is 12.5. The van der Waals surface area contributed by atoms with Gasteiger partial charge in [-0.25, -0.2) is 4.98 Å². The molecule has 2 heterocycles. The smallest absolute Gasteiger partial charge is 0.261 e. The van der Waals surface area contributed by atoms with Gasteiger partial charge in [-0.3, -0.25) is 14.5 Å². The molecule has 0 unspecified atom stereocenters. The van der Waals surface area contributed by atoms with E-state index < -0.39 is 0 Å². The van der Waals surface area contributed by atoms with E-state index in [1.807, 2.05) is 30.3 Å². The average molecular weight is 349 g/mol. The van der Waals surface area contributed by atoms with Crippen LogP contribution >= 0.6 is 11.3 Å². The van der Waals surface area contributed by atoms with Gasteiger partial charge >= 0.3 is 0 Å². The summed E-state index contributed by atoms with van der Waals surface area (Å²) in [5.74, 6) is -0.473. The lowest BCUT2D eigenvalue weighted by molar-refractivity contribution is 0.0656. The summed E-state index contributed by atoms with van der Waals surface area (Å²) in [6.45, 7) is 0.313. The number of aromatic nitrogens is 1. The van der Waals surface area contributed by atoms with E-state index in [1.54, 1.807) is 24.3 Å². The standard InChI is InChI=1S/C19H15N3O2S/c20-19-21-16(12-6-2-1-3-7-12)15(25-19)10-11-22-17(23)13-8-4-5-9-14(13)18(22)24/h1-9H,10-11H2,(H2,20,21). The number of nitrogens with two attached hydrogens (primary N) is 1. The van der Waals surface area contributed by atoms with Crippen molar-refractivity contribution in [3.8, 4) is 11.3 Å². The quantitative estimate of drug-likeness (QED) is 0.734. The summed E-state index contributed by atoms with van der Waals surface area (Å²) >= 11 is 1.40. The Balaban J connectivity index is 1.58. The number of fused-ring (bicyclic) bond motifs is 1. The minimum atomic E-state index is -0.237. The van der Waals surface area contributed by atoms with Crippen LogP contribution in [0.25, 0.3) is 11.3 Å². The van der Waals surface area contributed by atoms with Gasteiger partial charge in [-0.15, -0.1) is 11.3 Å². The van der Waals surface area contributed by atoms with Crippen LogP contribution in [-0.2, 0) is 6.42 Å². The number of thiazole rings is 1. The van der Waals surface area contributed by atoms with Crippen LogP contribution in [0, 0.1) is 0 Å². The topological polar surface area (TPSA) is 76.3 Å². The first-order valence-electron chi connectivity index (χ1n) is 7.91. The third-order valence-electron chi connectivity index (χ3n) is 4.20. The Kier molecular flexibility index (Phi) is 3.82. The molecule has 0 fully saturated rings. The lowest BCUT2D eigenvalue weighted by Crippen LogP contribution is -2.31. The summed E-state index contributed by atoms with van der Waals surface area (Å²) in [6, 6.07) is 16.7. The highest BCUT2D eigenvalue weighted by molar-refractivity contribution is 7.15. The molecule has 0 spiro atoms. The van der Waals surface area contributed by atoms with Gasteiger partial charge in [-0.05, 0) is 12.1 Å². The summed E-state index contributed by atoms with van der Waals surface area (Å²) in [6.07, 6.45) is 0.532. The molecular weight excluding hydrogens is 334 g/mol. The molecule has 1 aliphatic rings. The second kappa shape index (κ2) is 6.14. The first-order valence-corrected chi connectivity index (χ1v) is 8.72. The molecule has 3 aromatic rings. The van der Waals surface area contributed by atoms with Crippen molar-refractivity contribution in [1.82, 2.24) is 9.88 Å². The fraction of sp³-hybridized carbons (Fsp3) is 0.105. The van der Waals surface area contributed by atoms with Gasteiger partial charge in [0, 0.05) is 23.4 Å². The van der Waals surface area contributed by atoms with Crippen molar-refractivity contribution >= 4 is 28.3 Å². The molecule has 4 rings (SSSR count). The van der Waals surface area contributed by atoms with Crippen molar-refractivity contribution in [3.63, 3.8) is 0 Å². The molecule has 0 radical (unpaired) electrons. The lowest BCUT2D eigenvalue weighted by atomic mass is 10.1. The molecule has 0 atom stereocenters. The summed E-state index contributed by atoms with van der Waals surface area (Å²) < 4.78 is 0. The maximum Gasteiger partial charge on any atom is 0.261 e. The Bertz CT molecular complexity index is 931. The number of nitrogen functional groups attached to an aromatic ring is 1. The van der Waals surface area contributed by atoms with E-state index in [-0.39, 0.29) is 11.8 Å². The van der Waals surface area contributed by atoms with Crippen molar-refractivity contribution in [2.45, 2.75) is 6.42 Å². The zero-order valence-corrected chi connectivity index (χ0v) is 14.1. The minimum Gasteiger partial charge on any atom is -0.375 e. The van der Waals surface area contributed by atoms with Gasteiger partial charge in [-0.2, -0.15) is 0 Å². The molecule has 2 aromatic carbocycles. The molecule has 1 aliphatic heterocycles. The summed E-state index contributed by atoms with van der Waals surface area (Å²) in [5.41, 5.74) is 8.63. The Morgan fingerprint density at radius 2 is 1.52 bits per heavy atom. The highest BCUT2D eigenvalue weighted by Crippen LogP contribution is 2.31. The van der Waals surface area contributed by atoms with E-state index >= 15 is 0 Å². The number of carbonyl (C=O) groups is 2. The van der Waals surface area contributed by atoms with Crippen molar-refractivity contribution < 1.29 is 9.59 Å². The van der Waals surface area contributed by atoms with Gasteiger partial charge in [0.15, 0.2) is 5.13 Å². The van der Waals surface area contributed by atoms with Crippen LogP contribution in [0.15, 0.2) is 54.6 Å². The monoisotopic (exact) mass is 349 g/mol.